The average molecular weight is 260 g/mol. The minimum Gasteiger partial charge on any atom is -0.382 e. The van der Waals surface area contributed by atoms with Crippen molar-refractivity contribution in [3.63, 3.8) is 0 Å². The Morgan fingerprint density at radius 2 is 2.05 bits per heavy atom. The van der Waals surface area contributed by atoms with E-state index in [1.807, 2.05) is 0 Å². The lowest BCUT2D eigenvalue weighted by Gasteiger charge is -2.30. The summed E-state index contributed by atoms with van der Waals surface area (Å²) in [4.78, 5) is 2.16. The molecule has 1 aliphatic carbocycles. The van der Waals surface area contributed by atoms with E-state index < -0.39 is 0 Å². The normalized spacial score (nSPS) is 23.2. The van der Waals surface area contributed by atoms with Gasteiger partial charge in [0.2, 0.25) is 0 Å². The molecule has 0 radical (unpaired) electrons. The van der Waals surface area contributed by atoms with Crippen molar-refractivity contribution < 1.29 is 0 Å². The Morgan fingerprint density at radius 3 is 2.68 bits per heavy atom. The highest BCUT2D eigenvalue weighted by Crippen LogP contribution is 2.30. The fraction of sp³-hybridized carbons (Fsp3) is 0.647. The molecular formula is C17H28N2. The van der Waals surface area contributed by atoms with Gasteiger partial charge in [0.1, 0.15) is 0 Å². The molecule has 2 atom stereocenters. The predicted molar refractivity (Wildman–Crippen MR) is 85.2 cm³/mol. The van der Waals surface area contributed by atoms with Crippen LogP contribution in [0.25, 0.3) is 0 Å². The quantitative estimate of drug-likeness (QED) is 0.861. The number of aryl methyl sites for hydroxylation is 1. The van der Waals surface area contributed by atoms with Crippen LogP contribution in [0.5, 0.6) is 0 Å². The van der Waals surface area contributed by atoms with Gasteiger partial charge in [-0.1, -0.05) is 26.2 Å². The highest BCUT2D eigenvalue weighted by atomic mass is 15.1. The Hall–Kier alpha value is -1.18. The van der Waals surface area contributed by atoms with E-state index in [4.69, 9.17) is 0 Å². The first-order valence-electron chi connectivity index (χ1n) is 7.64. The minimum absolute atomic E-state index is 0.669. The molecule has 2 heteroatoms. The van der Waals surface area contributed by atoms with E-state index >= 15 is 0 Å². The Kier molecular flexibility index (Phi) is 4.73. The number of nitrogens with zero attached hydrogens (tertiary/aromatic N) is 1. The van der Waals surface area contributed by atoms with Crippen LogP contribution < -0.4 is 10.2 Å². The third-order valence-electron chi connectivity index (χ3n) is 4.45. The highest BCUT2D eigenvalue weighted by molar-refractivity contribution is 5.60. The molecule has 0 spiro atoms. The summed E-state index contributed by atoms with van der Waals surface area (Å²) in [5.41, 5.74) is 3.94. The maximum absolute atomic E-state index is 3.76. The van der Waals surface area contributed by atoms with Gasteiger partial charge in [0.15, 0.2) is 0 Å². The first-order valence-corrected chi connectivity index (χ1v) is 7.64. The standard InChI is InChI=1S/C17H28N2/c1-5-14-7-6-8-15(12-14)18-17-10-9-16(19(3)4)11-13(17)2/h9-11,14-15,18H,5-8,12H2,1-4H3. The largest absolute Gasteiger partial charge is 0.382 e. The summed E-state index contributed by atoms with van der Waals surface area (Å²) in [6.45, 7) is 4.53. The zero-order chi connectivity index (χ0) is 13.8. The Morgan fingerprint density at radius 1 is 1.26 bits per heavy atom. The van der Waals surface area contributed by atoms with E-state index in [1.54, 1.807) is 0 Å². The molecule has 0 bridgehead atoms. The molecule has 0 amide bonds. The minimum atomic E-state index is 0.669. The maximum atomic E-state index is 3.76. The molecule has 1 saturated carbocycles. The van der Waals surface area contributed by atoms with Crippen LogP contribution in [0, 0.1) is 12.8 Å². The van der Waals surface area contributed by atoms with Crippen LogP contribution in [0.2, 0.25) is 0 Å². The molecule has 1 N–H and O–H groups in total. The van der Waals surface area contributed by atoms with Crippen molar-refractivity contribution in [2.24, 2.45) is 5.92 Å². The van der Waals surface area contributed by atoms with Crippen molar-refractivity contribution in [2.75, 3.05) is 24.3 Å². The van der Waals surface area contributed by atoms with Gasteiger partial charge >= 0.3 is 0 Å². The fourth-order valence-electron chi connectivity index (χ4n) is 3.10. The van der Waals surface area contributed by atoms with Gasteiger partial charge in [-0.25, -0.2) is 0 Å². The van der Waals surface area contributed by atoms with Crippen LogP contribution in [-0.2, 0) is 0 Å². The Balaban J connectivity index is 2.02. The third-order valence-corrected chi connectivity index (χ3v) is 4.45. The summed E-state index contributed by atoms with van der Waals surface area (Å²) in [7, 11) is 4.18. The van der Waals surface area contributed by atoms with Gasteiger partial charge in [-0.05, 0) is 49.4 Å². The second-order valence-electron chi connectivity index (χ2n) is 6.18. The molecule has 1 aromatic carbocycles. The SMILES string of the molecule is CCC1CCCC(Nc2ccc(N(C)C)cc2C)C1. The summed E-state index contributed by atoms with van der Waals surface area (Å²) in [5.74, 6) is 0.924. The van der Waals surface area contributed by atoms with E-state index in [1.165, 1.54) is 49.0 Å². The van der Waals surface area contributed by atoms with Gasteiger partial charge in [-0.15, -0.1) is 0 Å². The van der Waals surface area contributed by atoms with Crippen molar-refractivity contribution in [1.29, 1.82) is 0 Å². The van der Waals surface area contributed by atoms with Crippen molar-refractivity contribution in [1.82, 2.24) is 0 Å². The number of nitrogens with one attached hydrogen (secondary N) is 1. The monoisotopic (exact) mass is 260 g/mol. The highest BCUT2D eigenvalue weighted by Gasteiger charge is 2.20. The van der Waals surface area contributed by atoms with E-state index in [0.717, 1.165) is 5.92 Å². The zero-order valence-corrected chi connectivity index (χ0v) is 12.9. The fourth-order valence-corrected chi connectivity index (χ4v) is 3.10. The van der Waals surface area contributed by atoms with Crippen LogP contribution >= 0.6 is 0 Å². The molecule has 0 heterocycles. The summed E-state index contributed by atoms with van der Waals surface area (Å²) >= 11 is 0. The van der Waals surface area contributed by atoms with Crippen molar-refractivity contribution in [2.45, 2.75) is 52.0 Å². The average Bonchev–Trinajstić information content (AvgIpc) is 2.41. The Bertz CT molecular complexity index is 412. The summed E-state index contributed by atoms with van der Waals surface area (Å²) in [5, 5.41) is 3.76. The zero-order valence-electron chi connectivity index (χ0n) is 12.9. The molecule has 0 saturated heterocycles. The van der Waals surface area contributed by atoms with Gasteiger partial charge in [-0.2, -0.15) is 0 Å². The van der Waals surface area contributed by atoms with Crippen molar-refractivity contribution in [3.8, 4) is 0 Å². The molecule has 2 nitrogen and oxygen atoms in total. The van der Waals surface area contributed by atoms with E-state index in [-0.39, 0.29) is 0 Å². The second-order valence-corrected chi connectivity index (χ2v) is 6.18. The van der Waals surface area contributed by atoms with Gasteiger partial charge in [0.25, 0.3) is 0 Å². The lowest BCUT2D eigenvalue weighted by atomic mass is 9.84. The molecule has 19 heavy (non-hydrogen) atoms. The number of hydrogen-bond donors (Lipinski definition) is 1. The van der Waals surface area contributed by atoms with Crippen LogP contribution in [0.1, 0.15) is 44.6 Å². The lowest BCUT2D eigenvalue weighted by Crippen LogP contribution is -2.27. The first-order chi connectivity index (χ1) is 9.10. The van der Waals surface area contributed by atoms with Gasteiger partial charge in [-0.3, -0.25) is 0 Å². The number of rotatable bonds is 4. The van der Waals surface area contributed by atoms with E-state index in [0.29, 0.717) is 6.04 Å². The predicted octanol–water partition coefficient (Wildman–Crippen LogP) is 4.44. The number of benzene rings is 1. The molecule has 1 aromatic rings. The summed E-state index contributed by atoms with van der Waals surface area (Å²) < 4.78 is 0. The van der Waals surface area contributed by atoms with Crippen LogP contribution in [-0.4, -0.2) is 20.1 Å². The molecule has 0 aromatic heterocycles. The molecule has 1 aliphatic rings. The number of hydrogen-bond acceptors (Lipinski definition) is 2. The molecule has 106 valence electrons. The summed E-state index contributed by atoms with van der Waals surface area (Å²) in [6, 6.07) is 7.38. The maximum Gasteiger partial charge on any atom is 0.0373 e. The van der Waals surface area contributed by atoms with Crippen LogP contribution in [0.3, 0.4) is 0 Å². The van der Waals surface area contributed by atoms with Crippen LogP contribution in [0.4, 0.5) is 11.4 Å². The smallest absolute Gasteiger partial charge is 0.0373 e. The van der Waals surface area contributed by atoms with Crippen molar-refractivity contribution >= 4 is 11.4 Å². The summed E-state index contributed by atoms with van der Waals surface area (Å²) in [6.07, 6.45) is 6.80. The third kappa shape index (κ3) is 3.65. The van der Waals surface area contributed by atoms with Gasteiger partial charge in [0, 0.05) is 31.5 Å². The van der Waals surface area contributed by atoms with E-state index in [2.05, 4.69) is 56.4 Å². The molecule has 1 fully saturated rings. The lowest BCUT2D eigenvalue weighted by molar-refractivity contribution is 0.327. The molecule has 0 aliphatic heterocycles. The number of anilines is 2. The van der Waals surface area contributed by atoms with Crippen LogP contribution in [0.15, 0.2) is 18.2 Å². The topological polar surface area (TPSA) is 15.3 Å². The first kappa shape index (κ1) is 14.2. The second kappa shape index (κ2) is 6.31. The molecule has 2 rings (SSSR count). The van der Waals surface area contributed by atoms with Crippen molar-refractivity contribution in [3.05, 3.63) is 23.8 Å². The van der Waals surface area contributed by atoms with Gasteiger partial charge in [0.05, 0.1) is 0 Å². The Labute approximate surface area is 118 Å². The molecular weight excluding hydrogens is 232 g/mol. The van der Waals surface area contributed by atoms with E-state index in [9.17, 15) is 0 Å². The molecule has 2 unspecified atom stereocenters. The van der Waals surface area contributed by atoms with Gasteiger partial charge < -0.3 is 10.2 Å².